The molecule has 0 bridgehead atoms. The van der Waals surface area contributed by atoms with E-state index < -0.39 is 11.8 Å². The monoisotopic (exact) mass is 251 g/mol. The van der Waals surface area contributed by atoms with Gasteiger partial charge in [0.15, 0.2) is 11.5 Å². The fourth-order valence-corrected chi connectivity index (χ4v) is 1.52. The topological polar surface area (TPSA) is 72.6 Å². The zero-order chi connectivity index (χ0) is 13.3. The van der Waals surface area contributed by atoms with Gasteiger partial charge in [-0.25, -0.2) is 9.18 Å². The number of aromatic carboxylic acids is 1. The minimum atomic E-state index is -1.21. The summed E-state index contributed by atoms with van der Waals surface area (Å²) in [6.45, 7) is 1.60. The van der Waals surface area contributed by atoms with Gasteiger partial charge in [0.25, 0.3) is 0 Å². The number of hydrogen-bond acceptors (Lipinski definition) is 4. The number of halogens is 1. The molecule has 2 rings (SSSR count). The van der Waals surface area contributed by atoms with Crippen molar-refractivity contribution in [2.24, 2.45) is 0 Å². The highest BCUT2D eigenvalue weighted by molar-refractivity contribution is 5.86. The molecular formula is C12H10FNO4. The lowest BCUT2D eigenvalue weighted by Crippen LogP contribution is -1.94. The number of carbonyl (C=O) groups is 1. The standard InChI is InChI=1S/C12H10FNO4/c1-6-3-10(17-2)7(4-8(6)13)11-5-9(12(15)16)14-18-11/h3-5H,1-2H3,(H,15,16). The lowest BCUT2D eigenvalue weighted by Gasteiger charge is -2.07. The molecule has 0 fully saturated rings. The maximum absolute atomic E-state index is 13.5. The molecule has 1 aromatic heterocycles. The first kappa shape index (κ1) is 12.1. The third kappa shape index (κ3) is 2.04. The summed E-state index contributed by atoms with van der Waals surface area (Å²) in [5.74, 6) is -1.11. The molecule has 1 N–H and O–H groups in total. The largest absolute Gasteiger partial charge is 0.496 e. The molecule has 5 nitrogen and oxygen atoms in total. The Hall–Kier alpha value is -2.37. The van der Waals surface area contributed by atoms with Crippen LogP contribution in [-0.4, -0.2) is 23.3 Å². The average Bonchev–Trinajstić information content (AvgIpc) is 2.81. The van der Waals surface area contributed by atoms with Crippen molar-refractivity contribution in [3.63, 3.8) is 0 Å². The number of ether oxygens (including phenoxy) is 1. The molecule has 0 saturated heterocycles. The van der Waals surface area contributed by atoms with E-state index >= 15 is 0 Å². The minimum absolute atomic E-state index is 0.142. The minimum Gasteiger partial charge on any atom is -0.496 e. The van der Waals surface area contributed by atoms with Gasteiger partial charge in [0, 0.05) is 6.07 Å². The van der Waals surface area contributed by atoms with Crippen LogP contribution in [0.4, 0.5) is 4.39 Å². The summed E-state index contributed by atoms with van der Waals surface area (Å²) in [6, 6.07) is 3.95. The van der Waals surface area contributed by atoms with Crippen molar-refractivity contribution in [2.75, 3.05) is 7.11 Å². The average molecular weight is 251 g/mol. The van der Waals surface area contributed by atoms with Gasteiger partial charge in [-0.05, 0) is 24.6 Å². The van der Waals surface area contributed by atoms with Crippen LogP contribution in [0.5, 0.6) is 5.75 Å². The summed E-state index contributed by atoms with van der Waals surface area (Å²) >= 11 is 0. The molecule has 6 heteroatoms. The second kappa shape index (κ2) is 4.48. The molecule has 0 unspecified atom stereocenters. The van der Waals surface area contributed by atoms with Crippen molar-refractivity contribution >= 4 is 5.97 Å². The van der Waals surface area contributed by atoms with Crippen LogP contribution in [-0.2, 0) is 0 Å². The Morgan fingerprint density at radius 3 is 2.72 bits per heavy atom. The Balaban J connectivity index is 2.55. The third-order valence-electron chi connectivity index (χ3n) is 2.48. The van der Waals surface area contributed by atoms with Crippen molar-refractivity contribution in [3.8, 4) is 17.1 Å². The first-order valence-electron chi connectivity index (χ1n) is 5.07. The van der Waals surface area contributed by atoms with Crippen LogP contribution in [0.2, 0.25) is 0 Å². The van der Waals surface area contributed by atoms with Crippen LogP contribution >= 0.6 is 0 Å². The van der Waals surface area contributed by atoms with Crippen LogP contribution in [0, 0.1) is 12.7 Å². The maximum atomic E-state index is 13.5. The molecule has 94 valence electrons. The Morgan fingerprint density at radius 2 is 2.17 bits per heavy atom. The smallest absolute Gasteiger partial charge is 0.358 e. The van der Waals surface area contributed by atoms with E-state index in [0.29, 0.717) is 16.9 Å². The number of aromatic nitrogens is 1. The number of methoxy groups -OCH3 is 1. The van der Waals surface area contributed by atoms with Gasteiger partial charge in [0.1, 0.15) is 11.6 Å². The molecule has 0 atom stereocenters. The molecule has 0 aliphatic heterocycles. The number of carboxylic acid groups (broad SMARTS) is 1. The first-order valence-corrected chi connectivity index (χ1v) is 5.07. The van der Waals surface area contributed by atoms with E-state index in [1.807, 2.05) is 0 Å². The number of rotatable bonds is 3. The molecular weight excluding hydrogens is 241 g/mol. The van der Waals surface area contributed by atoms with E-state index in [-0.39, 0.29) is 11.5 Å². The summed E-state index contributed by atoms with van der Waals surface area (Å²) in [6.07, 6.45) is 0. The number of hydrogen-bond donors (Lipinski definition) is 1. The summed E-state index contributed by atoms with van der Waals surface area (Å²) in [4.78, 5) is 10.7. The van der Waals surface area contributed by atoms with Gasteiger partial charge in [-0.15, -0.1) is 0 Å². The summed E-state index contributed by atoms with van der Waals surface area (Å²) in [5.41, 5.74) is 0.502. The van der Waals surface area contributed by atoms with E-state index in [9.17, 15) is 9.18 Å². The lowest BCUT2D eigenvalue weighted by molar-refractivity contribution is 0.0686. The Bertz CT molecular complexity index is 606. The molecule has 1 aromatic carbocycles. The predicted molar refractivity (Wildman–Crippen MR) is 60.1 cm³/mol. The molecule has 0 radical (unpaired) electrons. The maximum Gasteiger partial charge on any atom is 0.358 e. The van der Waals surface area contributed by atoms with Gasteiger partial charge >= 0.3 is 5.97 Å². The summed E-state index contributed by atoms with van der Waals surface area (Å²) < 4.78 is 23.5. The van der Waals surface area contributed by atoms with Crippen LogP contribution < -0.4 is 4.74 Å². The fourth-order valence-electron chi connectivity index (χ4n) is 1.52. The van der Waals surface area contributed by atoms with Crippen molar-refractivity contribution in [1.82, 2.24) is 5.16 Å². The molecule has 0 saturated carbocycles. The van der Waals surface area contributed by atoms with E-state index in [1.165, 1.54) is 25.3 Å². The molecule has 18 heavy (non-hydrogen) atoms. The normalized spacial score (nSPS) is 10.4. The van der Waals surface area contributed by atoms with E-state index in [2.05, 4.69) is 5.16 Å². The number of carboxylic acids is 1. The van der Waals surface area contributed by atoms with Crippen LogP contribution in [0.3, 0.4) is 0 Å². The van der Waals surface area contributed by atoms with Gasteiger partial charge in [0.2, 0.25) is 0 Å². The second-order valence-electron chi connectivity index (χ2n) is 3.68. The van der Waals surface area contributed by atoms with Gasteiger partial charge in [-0.1, -0.05) is 5.16 Å². The number of aryl methyl sites for hydroxylation is 1. The molecule has 0 aliphatic rings. The molecule has 1 heterocycles. The van der Waals surface area contributed by atoms with Gasteiger partial charge in [-0.2, -0.15) is 0 Å². The molecule has 2 aromatic rings. The SMILES string of the molecule is COc1cc(C)c(F)cc1-c1cc(C(=O)O)no1. The Morgan fingerprint density at radius 1 is 1.44 bits per heavy atom. The highest BCUT2D eigenvalue weighted by Crippen LogP contribution is 2.32. The number of benzene rings is 1. The van der Waals surface area contributed by atoms with Crippen molar-refractivity contribution in [3.05, 3.63) is 35.3 Å². The molecule has 0 aliphatic carbocycles. The number of nitrogens with zero attached hydrogens (tertiary/aromatic N) is 1. The molecule has 0 spiro atoms. The molecule has 0 amide bonds. The van der Waals surface area contributed by atoms with Crippen LogP contribution in [0.25, 0.3) is 11.3 Å². The predicted octanol–water partition coefficient (Wildman–Crippen LogP) is 2.50. The van der Waals surface area contributed by atoms with Crippen LogP contribution in [0.15, 0.2) is 22.7 Å². The summed E-state index contributed by atoms with van der Waals surface area (Å²) in [5, 5.41) is 12.1. The van der Waals surface area contributed by atoms with Crippen LogP contribution in [0.1, 0.15) is 16.1 Å². The van der Waals surface area contributed by atoms with Gasteiger partial charge < -0.3 is 14.4 Å². The third-order valence-corrected chi connectivity index (χ3v) is 2.48. The van der Waals surface area contributed by atoms with Gasteiger partial charge in [0.05, 0.1) is 12.7 Å². The Labute approximate surface area is 102 Å². The highest BCUT2D eigenvalue weighted by Gasteiger charge is 2.17. The van der Waals surface area contributed by atoms with Crippen molar-refractivity contribution in [2.45, 2.75) is 6.92 Å². The van der Waals surface area contributed by atoms with Gasteiger partial charge in [-0.3, -0.25) is 0 Å². The van der Waals surface area contributed by atoms with E-state index in [4.69, 9.17) is 14.4 Å². The van der Waals surface area contributed by atoms with E-state index in [0.717, 1.165) is 0 Å². The lowest BCUT2D eigenvalue weighted by atomic mass is 10.1. The summed E-state index contributed by atoms with van der Waals surface area (Å²) in [7, 11) is 1.44. The van der Waals surface area contributed by atoms with Crippen molar-refractivity contribution in [1.29, 1.82) is 0 Å². The quantitative estimate of drug-likeness (QED) is 0.907. The zero-order valence-corrected chi connectivity index (χ0v) is 9.73. The highest BCUT2D eigenvalue weighted by atomic mass is 19.1. The van der Waals surface area contributed by atoms with E-state index in [1.54, 1.807) is 6.92 Å². The Kier molecular flexibility index (Phi) is 3.01. The fraction of sp³-hybridized carbons (Fsp3) is 0.167. The zero-order valence-electron chi connectivity index (χ0n) is 9.73. The first-order chi connectivity index (χ1) is 8.52. The second-order valence-corrected chi connectivity index (χ2v) is 3.68. The van der Waals surface area contributed by atoms with Crippen molar-refractivity contribution < 1.29 is 23.6 Å².